The number of carbonyl (C=O) groups is 1. The topological polar surface area (TPSA) is 35.5 Å². The van der Waals surface area contributed by atoms with E-state index in [1.165, 1.54) is 7.11 Å². The second kappa shape index (κ2) is 5.75. The van der Waals surface area contributed by atoms with E-state index >= 15 is 0 Å². The first-order valence-corrected chi connectivity index (χ1v) is 5.47. The van der Waals surface area contributed by atoms with Crippen LogP contribution in [0.2, 0.25) is 5.02 Å². The molecule has 0 aliphatic heterocycles. The molecular weight excluding hydrogens is 228 g/mol. The molecule has 0 N–H and O–H groups in total. The molecule has 0 spiro atoms. The van der Waals surface area contributed by atoms with Crippen molar-refractivity contribution in [1.29, 1.82) is 0 Å². The van der Waals surface area contributed by atoms with E-state index in [1.54, 1.807) is 18.2 Å². The van der Waals surface area contributed by atoms with Gasteiger partial charge in [0.2, 0.25) is 0 Å². The Balaban J connectivity index is 2.78. The van der Waals surface area contributed by atoms with Gasteiger partial charge in [-0.1, -0.05) is 18.5 Å². The first kappa shape index (κ1) is 12.8. The lowest BCUT2D eigenvalue weighted by molar-refractivity contribution is -0.148. The van der Waals surface area contributed by atoms with Crippen molar-refractivity contribution in [2.24, 2.45) is 0 Å². The summed E-state index contributed by atoms with van der Waals surface area (Å²) in [6.07, 6.45) is -0.000445. The molecule has 0 unspecified atom stereocenters. The number of ether oxygens (including phenoxy) is 2. The molecule has 16 heavy (non-hydrogen) atoms. The fourth-order valence-corrected chi connectivity index (χ4v) is 1.40. The first-order valence-electron chi connectivity index (χ1n) is 5.09. The number of halogens is 1. The molecule has 0 bridgehead atoms. The minimum atomic E-state index is -0.564. The number of hydrogen-bond acceptors (Lipinski definition) is 3. The maximum absolute atomic E-state index is 11.3. The fraction of sp³-hybridized carbons (Fsp3) is 0.417. The highest BCUT2D eigenvalue weighted by Crippen LogP contribution is 2.22. The van der Waals surface area contributed by atoms with Gasteiger partial charge in [0.05, 0.1) is 7.11 Å². The van der Waals surface area contributed by atoms with Gasteiger partial charge in [-0.3, -0.25) is 0 Å². The van der Waals surface area contributed by atoms with Crippen LogP contribution in [-0.2, 0) is 9.53 Å². The summed E-state index contributed by atoms with van der Waals surface area (Å²) in [5, 5.41) is 0.679. The number of carbonyl (C=O) groups excluding carboxylic acids is 1. The van der Waals surface area contributed by atoms with Crippen LogP contribution in [0.5, 0.6) is 5.75 Å². The third-order valence-corrected chi connectivity index (χ3v) is 2.67. The van der Waals surface area contributed by atoms with Crippen LogP contribution in [0.25, 0.3) is 0 Å². The molecule has 0 aliphatic rings. The zero-order valence-corrected chi connectivity index (χ0v) is 10.4. The van der Waals surface area contributed by atoms with E-state index in [1.807, 2.05) is 13.8 Å². The summed E-state index contributed by atoms with van der Waals surface area (Å²) in [4.78, 5) is 11.3. The van der Waals surface area contributed by atoms with Gasteiger partial charge in [0.15, 0.2) is 6.10 Å². The van der Waals surface area contributed by atoms with Gasteiger partial charge >= 0.3 is 5.97 Å². The summed E-state index contributed by atoms with van der Waals surface area (Å²) in [6.45, 7) is 3.75. The van der Waals surface area contributed by atoms with Crippen molar-refractivity contribution in [3.63, 3.8) is 0 Å². The average molecular weight is 243 g/mol. The number of hydrogen-bond donors (Lipinski definition) is 0. The molecule has 0 heterocycles. The van der Waals surface area contributed by atoms with Gasteiger partial charge in [-0.25, -0.2) is 4.79 Å². The summed E-state index contributed by atoms with van der Waals surface area (Å²) in [7, 11) is 1.35. The van der Waals surface area contributed by atoms with Crippen LogP contribution in [-0.4, -0.2) is 19.2 Å². The number of rotatable bonds is 4. The number of aryl methyl sites for hydroxylation is 1. The van der Waals surface area contributed by atoms with Crippen molar-refractivity contribution >= 4 is 17.6 Å². The minimum absolute atomic E-state index is 0.366. The number of esters is 1. The van der Waals surface area contributed by atoms with Gasteiger partial charge in [-0.2, -0.15) is 0 Å². The lowest BCUT2D eigenvalue weighted by atomic mass is 10.2. The highest BCUT2D eigenvalue weighted by atomic mass is 35.5. The second-order valence-corrected chi connectivity index (χ2v) is 3.86. The van der Waals surface area contributed by atoms with Gasteiger partial charge in [0.1, 0.15) is 5.75 Å². The molecule has 0 radical (unpaired) electrons. The van der Waals surface area contributed by atoms with Crippen LogP contribution < -0.4 is 4.74 Å². The molecule has 88 valence electrons. The molecule has 0 saturated carbocycles. The Morgan fingerprint density at radius 1 is 1.50 bits per heavy atom. The maximum atomic E-state index is 11.3. The molecule has 1 aromatic carbocycles. The van der Waals surface area contributed by atoms with Crippen LogP contribution in [0, 0.1) is 6.92 Å². The van der Waals surface area contributed by atoms with Crippen molar-refractivity contribution in [1.82, 2.24) is 0 Å². The molecule has 4 heteroatoms. The quantitative estimate of drug-likeness (QED) is 0.762. The number of methoxy groups -OCH3 is 1. The third-order valence-electron chi connectivity index (χ3n) is 2.24. The van der Waals surface area contributed by atoms with Crippen LogP contribution >= 0.6 is 11.6 Å². The fourth-order valence-electron chi connectivity index (χ4n) is 1.28. The molecule has 0 amide bonds. The Morgan fingerprint density at radius 2 is 2.19 bits per heavy atom. The minimum Gasteiger partial charge on any atom is -0.479 e. The molecule has 3 nitrogen and oxygen atoms in total. The van der Waals surface area contributed by atoms with Crippen molar-refractivity contribution in [3.8, 4) is 5.75 Å². The Kier molecular flexibility index (Phi) is 4.62. The second-order valence-electron chi connectivity index (χ2n) is 3.45. The van der Waals surface area contributed by atoms with E-state index in [0.29, 0.717) is 17.2 Å². The Bertz CT molecular complexity index is 377. The summed E-state index contributed by atoms with van der Waals surface area (Å²) in [6, 6.07) is 5.28. The first-order chi connectivity index (χ1) is 7.58. The van der Waals surface area contributed by atoms with Crippen molar-refractivity contribution in [2.45, 2.75) is 26.4 Å². The smallest absolute Gasteiger partial charge is 0.347 e. The molecule has 0 aliphatic carbocycles. The highest BCUT2D eigenvalue weighted by Gasteiger charge is 2.18. The standard InChI is InChI=1S/C12H15ClO3/c1-4-11(12(14)15-3)16-9-5-6-10(13)8(2)7-9/h5-7,11H,4H2,1-3H3/t11-/m1/s1. The number of benzene rings is 1. The SMILES string of the molecule is CC[C@@H](Oc1ccc(Cl)c(C)c1)C(=O)OC. The zero-order valence-electron chi connectivity index (χ0n) is 9.62. The predicted octanol–water partition coefficient (Wildman–Crippen LogP) is 2.98. The van der Waals surface area contributed by atoms with Crippen LogP contribution in [0.4, 0.5) is 0 Å². The maximum Gasteiger partial charge on any atom is 0.347 e. The summed E-state index contributed by atoms with van der Waals surface area (Å²) in [5.41, 5.74) is 0.916. The van der Waals surface area contributed by atoms with Crippen LogP contribution in [0.3, 0.4) is 0 Å². The average Bonchev–Trinajstić information content (AvgIpc) is 2.29. The monoisotopic (exact) mass is 242 g/mol. The van der Waals surface area contributed by atoms with Gasteiger partial charge in [0.25, 0.3) is 0 Å². The van der Waals surface area contributed by atoms with Crippen molar-refractivity contribution < 1.29 is 14.3 Å². The highest BCUT2D eigenvalue weighted by molar-refractivity contribution is 6.31. The molecule has 0 aromatic heterocycles. The predicted molar refractivity (Wildman–Crippen MR) is 62.9 cm³/mol. The molecule has 1 rings (SSSR count). The molecule has 1 aromatic rings. The third kappa shape index (κ3) is 3.14. The van der Waals surface area contributed by atoms with Gasteiger partial charge in [0, 0.05) is 5.02 Å². The van der Waals surface area contributed by atoms with Crippen LogP contribution in [0.1, 0.15) is 18.9 Å². The Morgan fingerprint density at radius 3 is 2.69 bits per heavy atom. The Hall–Kier alpha value is -1.22. The largest absolute Gasteiger partial charge is 0.479 e. The lowest BCUT2D eigenvalue weighted by Crippen LogP contribution is -2.27. The van der Waals surface area contributed by atoms with Crippen molar-refractivity contribution in [2.75, 3.05) is 7.11 Å². The van der Waals surface area contributed by atoms with E-state index in [9.17, 15) is 4.79 Å². The molecule has 0 fully saturated rings. The summed E-state index contributed by atoms with van der Waals surface area (Å²) >= 11 is 5.89. The van der Waals surface area contributed by atoms with E-state index in [-0.39, 0.29) is 5.97 Å². The molecule has 1 atom stereocenters. The van der Waals surface area contributed by atoms with Gasteiger partial charge in [-0.15, -0.1) is 0 Å². The van der Waals surface area contributed by atoms with Crippen LogP contribution in [0.15, 0.2) is 18.2 Å². The normalized spacial score (nSPS) is 12.0. The Labute approximate surface area is 100 Å². The van der Waals surface area contributed by atoms with Gasteiger partial charge in [-0.05, 0) is 37.1 Å². The van der Waals surface area contributed by atoms with E-state index < -0.39 is 6.10 Å². The van der Waals surface area contributed by atoms with E-state index in [4.69, 9.17) is 16.3 Å². The molecular formula is C12H15ClO3. The van der Waals surface area contributed by atoms with Gasteiger partial charge < -0.3 is 9.47 Å². The lowest BCUT2D eigenvalue weighted by Gasteiger charge is -2.15. The van der Waals surface area contributed by atoms with E-state index in [0.717, 1.165) is 5.56 Å². The zero-order chi connectivity index (χ0) is 12.1. The van der Waals surface area contributed by atoms with E-state index in [2.05, 4.69) is 4.74 Å². The summed E-state index contributed by atoms with van der Waals surface area (Å²) in [5.74, 6) is 0.259. The molecule has 0 saturated heterocycles. The van der Waals surface area contributed by atoms with Crippen molar-refractivity contribution in [3.05, 3.63) is 28.8 Å². The summed E-state index contributed by atoms with van der Waals surface area (Å²) < 4.78 is 10.2.